The van der Waals surface area contributed by atoms with E-state index in [1.807, 2.05) is 38.1 Å². The standard InChI is InChI=1S/C44H53IN6O4/c1-7-30-26(3)34-21-35-28(5)32(15-17-42(52)46-19-13-11-9-10-12-14-20-47-43(53)25-45)40(50-35)24-41-33(16-18-44(54)55)29(6)37(51-41)23-39-31(8-2)27(4)36(49-39)22-38(30)48-34/h7-8,21-24,48-49H,1-2,9-20,25H2,3-6H3,(H,46,52)(H,47,53)(H,54,55). The van der Waals surface area contributed by atoms with Gasteiger partial charge >= 0.3 is 5.97 Å². The van der Waals surface area contributed by atoms with Gasteiger partial charge in [-0.25, -0.2) is 9.97 Å². The molecule has 0 radical (unpaired) electrons. The SMILES string of the molecule is C=Cc1c(C)c2cc3[nH]c(cc4nc(cc5nc(cc1[nH]2)C(C)=C5CCC(=O)O)C(CCC(=O)NCCCCCCCCNC(=O)CI)=C4C)c(C)c3C=C. The van der Waals surface area contributed by atoms with Crippen molar-refractivity contribution >= 4 is 96.9 Å². The highest BCUT2D eigenvalue weighted by atomic mass is 127. The van der Waals surface area contributed by atoms with Gasteiger partial charge in [-0.3, -0.25) is 14.4 Å². The van der Waals surface area contributed by atoms with E-state index in [1.54, 1.807) is 0 Å². The van der Waals surface area contributed by atoms with Crippen LogP contribution in [0.25, 0.3) is 56.5 Å². The number of nitrogens with one attached hydrogen (secondary N) is 4. The summed E-state index contributed by atoms with van der Waals surface area (Å²) >= 11 is 2.07. The van der Waals surface area contributed by atoms with Gasteiger partial charge in [0.2, 0.25) is 11.8 Å². The third-order valence-corrected chi connectivity index (χ3v) is 11.3. The van der Waals surface area contributed by atoms with Crippen molar-refractivity contribution in [3.63, 3.8) is 0 Å². The predicted octanol–water partition coefficient (Wildman–Crippen LogP) is 9.73. The number of H-pyrrole nitrogens is 2. The number of hydrogen-bond acceptors (Lipinski definition) is 5. The summed E-state index contributed by atoms with van der Waals surface area (Å²) in [5.74, 6) is -0.787. The van der Waals surface area contributed by atoms with E-state index < -0.39 is 5.97 Å². The normalized spacial score (nSPS) is 12.6. The number of hydrogen-bond donors (Lipinski definition) is 5. The Balaban J connectivity index is 1.45. The fourth-order valence-corrected chi connectivity index (χ4v) is 7.59. The first-order chi connectivity index (χ1) is 26.4. The van der Waals surface area contributed by atoms with E-state index >= 15 is 0 Å². The summed E-state index contributed by atoms with van der Waals surface area (Å²) in [7, 11) is 0. The molecule has 290 valence electrons. The van der Waals surface area contributed by atoms with Crippen molar-refractivity contribution in [2.24, 2.45) is 0 Å². The Morgan fingerprint density at radius 3 is 1.62 bits per heavy atom. The van der Waals surface area contributed by atoms with Crippen molar-refractivity contribution in [2.45, 2.75) is 91.9 Å². The minimum absolute atomic E-state index is 0.00254. The van der Waals surface area contributed by atoms with Crippen molar-refractivity contribution in [1.29, 1.82) is 0 Å². The topological polar surface area (TPSA) is 153 Å². The van der Waals surface area contributed by atoms with Crippen LogP contribution in [0.4, 0.5) is 0 Å². The molecular weight excluding hydrogens is 803 g/mol. The Labute approximate surface area is 337 Å². The van der Waals surface area contributed by atoms with Crippen LogP contribution >= 0.6 is 22.6 Å². The van der Waals surface area contributed by atoms with E-state index in [4.69, 9.17) is 9.97 Å². The van der Waals surface area contributed by atoms with Crippen molar-refractivity contribution in [3.8, 4) is 0 Å². The average Bonchev–Trinajstić information content (AvgIpc) is 3.82. The van der Waals surface area contributed by atoms with E-state index in [9.17, 15) is 19.5 Å². The average molecular weight is 857 g/mol. The largest absolute Gasteiger partial charge is 0.481 e. The van der Waals surface area contributed by atoms with Crippen molar-refractivity contribution in [2.75, 3.05) is 17.5 Å². The lowest BCUT2D eigenvalue weighted by atomic mass is 9.98. The predicted molar refractivity (Wildman–Crippen MR) is 234 cm³/mol. The second-order valence-electron chi connectivity index (χ2n) is 14.3. The molecule has 0 atom stereocenters. The van der Waals surface area contributed by atoms with Crippen molar-refractivity contribution in [3.05, 3.63) is 82.5 Å². The zero-order chi connectivity index (χ0) is 39.6. The van der Waals surface area contributed by atoms with Crippen molar-refractivity contribution < 1.29 is 19.5 Å². The summed E-state index contributed by atoms with van der Waals surface area (Å²) in [5, 5.41) is 15.6. The van der Waals surface area contributed by atoms with Gasteiger partial charge in [-0.05, 0) is 111 Å². The number of aromatic amines is 2. The minimum atomic E-state index is -0.872. The molecule has 5 heterocycles. The van der Waals surface area contributed by atoms with Crippen LogP contribution in [0.15, 0.2) is 37.4 Å². The van der Waals surface area contributed by atoms with Crippen LogP contribution in [-0.2, 0) is 14.4 Å². The number of aromatic nitrogens is 4. The molecule has 0 fully saturated rings. The summed E-state index contributed by atoms with van der Waals surface area (Å²) in [6.45, 7) is 17.7. The summed E-state index contributed by atoms with van der Waals surface area (Å²) in [6, 6.07) is 8.11. The van der Waals surface area contributed by atoms with Gasteiger partial charge in [0.25, 0.3) is 0 Å². The van der Waals surface area contributed by atoms with Gasteiger partial charge < -0.3 is 25.7 Å². The fraction of sp³-hybridized carbons (Fsp3) is 0.386. The van der Waals surface area contributed by atoms with Gasteiger partial charge in [-0.2, -0.15) is 0 Å². The first kappa shape index (κ1) is 41.4. The molecule has 55 heavy (non-hydrogen) atoms. The molecule has 5 rings (SSSR count). The Hall–Kier alpha value is -4.78. The monoisotopic (exact) mass is 856 g/mol. The molecule has 2 amide bonds. The number of halogens is 1. The van der Waals surface area contributed by atoms with Crippen LogP contribution in [0.5, 0.6) is 0 Å². The molecule has 0 spiro atoms. The van der Waals surface area contributed by atoms with E-state index in [2.05, 4.69) is 82.3 Å². The summed E-state index contributed by atoms with van der Waals surface area (Å²) < 4.78 is 0.493. The molecule has 5 N–H and O–H groups in total. The maximum absolute atomic E-state index is 13.1. The molecule has 0 aliphatic carbocycles. The Bertz CT molecular complexity index is 2220. The number of rotatable bonds is 18. The number of carbonyl (C=O) groups is 3. The fourth-order valence-electron chi connectivity index (χ4n) is 7.32. The maximum Gasteiger partial charge on any atom is 0.303 e. The number of aliphatic carboxylic acids is 1. The Morgan fingerprint density at radius 1 is 0.655 bits per heavy atom. The molecule has 3 aromatic rings. The number of aryl methyl sites for hydroxylation is 2. The summed E-state index contributed by atoms with van der Waals surface area (Å²) in [5.41, 5.74) is 14.4. The number of alkyl halides is 1. The van der Waals surface area contributed by atoms with Crippen LogP contribution < -0.4 is 10.6 Å². The molecule has 0 saturated heterocycles. The molecular formula is C44H53IN6O4. The second kappa shape index (κ2) is 19.2. The Kier molecular flexibility index (Phi) is 14.4. The highest BCUT2D eigenvalue weighted by Crippen LogP contribution is 2.38. The van der Waals surface area contributed by atoms with E-state index in [0.29, 0.717) is 35.9 Å². The van der Waals surface area contributed by atoms with Gasteiger partial charge in [-0.1, -0.05) is 73.6 Å². The second-order valence-corrected chi connectivity index (χ2v) is 15.1. The third-order valence-electron chi connectivity index (χ3n) is 10.6. The highest BCUT2D eigenvalue weighted by molar-refractivity contribution is 14.1. The third kappa shape index (κ3) is 10.1. The van der Waals surface area contributed by atoms with Gasteiger partial charge in [0.05, 0.1) is 27.2 Å². The lowest BCUT2D eigenvalue weighted by Gasteiger charge is -2.08. The van der Waals surface area contributed by atoms with Gasteiger partial charge in [-0.15, -0.1) is 0 Å². The highest BCUT2D eigenvalue weighted by Gasteiger charge is 2.23. The molecule has 11 heteroatoms. The van der Waals surface area contributed by atoms with Crippen molar-refractivity contribution in [1.82, 2.24) is 30.6 Å². The van der Waals surface area contributed by atoms with Crippen LogP contribution in [0.1, 0.15) is 123 Å². The lowest BCUT2D eigenvalue weighted by molar-refractivity contribution is -0.136. The lowest BCUT2D eigenvalue weighted by Crippen LogP contribution is -2.25. The number of carboxylic acids is 1. The smallest absolute Gasteiger partial charge is 0.303 e. The molecule has 0 unspecified atom stereocenters. The zero-order valence-corrected chi connectivity index (χ0v) is 34.7. The number of fused-ring (bicyclic) bond motifs is 8. The first-order valence-electron chi connectivity index (χ1n) is 19.2. The minimum Gasteiger partial charge on any atom is -0.481 e. The number of carbonyl (C=O) groups excluding carboxylic acids is 2. The zero-order valence-electron chi connectivity index (χ0n) is 32.5. The number of unbranched alkanes of at least 4 members (excludes halogenated alkanes) is 5. The van der Waals surface area contributed by atoms with Crippen LogP contribution in [0.2, 0.25) is 0 Å². The molecule has 10 nitrogen and oxygen atoms in total. The molecule has 0 aromatic carbocycles. The number of nitrogens with zero attached hydrogens (tertiary/aromatic N) is 2. The molecule has 8 bridgehead atoms. The number of amides is 2. The van der Waals surface area contributed by atoms with Crippen LogP contribution in [0, 0.1) is 13.8 Å². The van der Waals surface area contributed by atoms with Gasteiger partial charge in [0.1, 0.15) is 0 Å². The van der Waals surface area contributed by atoms with E-state index in [-0.39, 0.29) is 18.2 Å². The first-order valence-corrected chi connectivity index (χ1v) is 20.7. The number of allylic oxidation sites excluding steroid dienone is 4. The Morgan fingerprint density at radius 2 is 1.11 bits per heavy atom. The molecule has 2 aliphatic rings. The summed E-state index contributed by atoms with van der Waals surface area (Å²) in [6.07, 6.45) is 11.1. The number of carboxylic acid groups (broad SMARTS) is 1. The van der Waals surface area contributed by atoms with E-state index in [1.165, 1.54) is 0 Å². The van der Waals surface area contributed by atoms with Gasteiger partial charge in [0, 0.05) is 59.1 Å². The quantitative estimate of drug-likeness (QED) is 0.0488. The summed E-state index contributed by atoms with van der Waals surface area (Å²) in [4.78, 5) is 53.6. The van der Waals surface area contributed by atoms with E-state index in [0.717, 1.165) is 129 Å². The molecule has 0 saturated carbocycles. The molecule has 3 aromatic heterocycles. The van der Waals surface area contributed by atoms with Crippen LogP contribution in [-0.4, -0.2) is 60.3 Å². The maximum atomic E-state index is 13.1. The van der Waals surface area contributed by atoms with Crippen LogP contribution in [0.3, 0.4) is 0 Å². The molecule has 2 aliphatic heterocycles. The van der Waals surface area contributed by atoms with Gasteiger partial charge in [0.15, 0.2) is 0 Å².